The first-order valence-electron chi connectivity index (χ1n) is 14.5. The molecule has 7 heteroatoms. The number of likely N-dealkylation sites (tertiary alicyclic amines) is 1. The fraction of sp³-hybridized carbons (Fsp3) is 0.733. The minimum absolute atomic E-state index is 0.168. The summed E-state index contributed by atoms with van der Waals surface area (Å²) >= 11 is 0. The number of rotatable bonds is 9. The molecule has 0 atom stereocenters. The third kappa shape index (κ3) is 7.05. The Morgan fingerprint density at radius 3 is 2.43 bits per heavy atom. The number of piperidine rings is 1. The van der Waals surface area contributed by atoms with Crippen molar-refractivity contribution in [2.75, 3.05) is 47.4 Å². The zero-order valence-corrected chi connectivity index (χ0v) is 23.5. The molecular weight excluding hydrogens is 464 g/mol. The number of nitrogens with zero attached hydrogens (tertiary/aromatic N) is 2. The second-order valence-corrected chi connectivity index (χ2v) is 11.6. The highest BCUT2D eigenvalue weighted by atomic mass is 16.5. The molecule has 2 heterocycles. The standard InChI is InChI=1S/C28H41N3O3.C2H7N/c1-20-25(33-18-22-6-7-22)11-9-23-24(30-34-26(20)23)10-8-21-12-16-31(17-13-21)19-28(27(32)29-2)14-4-3-5-15-28;1-3-2/h9,11,21-22H,3-8,10,12-19H2,1-2H3,(H,29,32);3H,1-2H3. The van der Waals surface area contributed by atoms with Crippen molar-refractivity contribution < 1.29 is 14.1 Å². The second kappa shape index (κ2) is 13.1. The van der Waals surface area contributed by atoms with Crippen LogP contribution in [0.1, 0.15) is 75.5 Å². The van der Waals surface area contributed by atoms with Crippen molar-refractivity contribution >= 4 is 16.9 Å². The van der Waals surface area contributed by atoms with Crippen molar-refractivity contribution in [1.82, 2.24) is 20.7 Å². The smallest absolute Gasteiger partial charge is 0.227 e. The lowest BCUT2D eigenvalue weighted by molar-refractivity contribution is -0.134. The van der Waals surface area contributed by atoms with Gasteiger partial charge in [-0.25, -0.2) is 0 Å². The van der Waals surface area contributed by atoms with Crippen molar-refractivity contribution in [2.45, 2.75) is 77.6 Å². The Labute approximate surface area is 223 Å². The molecule has 0 bridgehead atoms. The zero-order valence-electron chi connectivity index (χ0n) is 23.5. The minimum Gasteiger partial charge on any atom is -0.493 e. The summed E-state index contributed by atoms with van der Waals surface area (Å²) in [5.41, 5.74) is 2.86. The molecule has 1 aromatic heterocycles. The lowest BCUT2D eigenvalue weighted by atomic mass is 9.72. The molecule has 206 valence electrons. The summed E-state index contributed by atoms with van der Waals surface area (Å²) in [7, 11) is 5.54. The molecule has 0 radical (unpaired) electrons. The van der Waals surface area contributed by atoms with Crippen molar-refractivity contribution in [3.05, 3.63) is 23.4 Å². The first kappa shape index (κ1) is 27.9. The van der Waals surface area contributed by atoms with Crippen LogP contribution >= 0.6 is 0 Å². The number of carbonyl (C=O) groups is 1. The number of hydrogen-bond donors (Lipinski definition) is 2. The average molecular weight is 513 g/mol. The van der Waals surface area contributed by atoms with Crippen LogP contribution in [0.3, 0.4) is 0 Å². The molecule has 3 aliphatic rings. The fourth-order valence-corrected chi connectivity index (χ4v) is 6.15. The van der Waals surface area contributed by atoms with Crippen LogP contribution in [0.2, 0.25) is 0 Å². The van der Waals surface area contributed by atoms with Gasteiger partial charge in [-0.1, -0.05) is 24.4 Å². The van der Waals surface area contributed by atoms with Gasteiger partial charge in [-0.05, 0) is 109 Å². The van der Waals surface area contributed by atoms with Crippen LogP contribution in [0, 0.1) is 24.2 Å². The van der Waals surface area contributed by atoms with Crippen LogP contribution < -0.4 is 15.4 Å². The molecule has 1 amide bonds. The molecular formula is C30H48N4O3. The van der Waals surface area contributed by atoms with Gasteiger partial charge in [0.2, 0.25) is 5.91 Å². The molecule has 2 aromatic rings. The topological polar surface area (TPSA) is 79.6 Å². The van der Waals surface area contributed by atoms with Crippen LogP contribution in [0.25, 0.3) is 11.0 Å². The Morgan fingerprint density at radius 1 is 1.08 bits per heavy atom. The molecule has 0 unspecified atom stereocenters. The van der Waals surface area contributed by atoms with Crippen LogP contribution in [0.4, 0.5) is 0 Å². The predicted molar refractivity (Wildman–Crippen MR) is 149 cm³/mol. The quantitative estimate of drug-likeness (QED) is 0.487. The van der Waals surface area contributed by atoms with Crippen molar-refractivity contribution in [2.24, 2.45) is 17.3 Å². The van der Waals surface area contributed by atoms with Crippen molar-refractivity contribution in [3.63, 3.8) is 0 Å². The fourth-order valence-electron chi connectivity index (χ4n) is 6.15. The van der Waals surface area contributed by atoms with E-state index in [1.54, 1.807) is 7.05 Å². The van der Waals surface area contributed by atoms with E-state index in [9.17, 15) is 4.79 Å². The number of amides is 1. The highest BCUT2D eigenvalue weighted by molar-refractivity contribution is 5.84. The Balaban J connectivity index is 0.00000102. The maximum absolute atomic E-state index is 12.7. The number of carbonyl (C=O) groups excluding carboxylic acids is 1. The summed E-state index contributed by atoms with van der Waals surface area (Å²) in [6.45, 7) is 6.02. The Hall–Kier alpha value is -2.12. The van der Waals surface area contributed by atoms with E-state index < -0.39 is 0 Å². The SMILES string of the molecule is CNC.CNC(=O)C1(CN2CCC(CCc3noc4c(C)c(OCC5CC5)ccc34)CC2)CCCCC1. The van der Waals surface area contributed by atoms with Crippen LogP contribution in [-0.2, 0) is 11.2 Å². The maximum atomic E-state index is 12.7. The molecule has 2 N–H and O–H groups in total. The molecule has 0 spiro atoms. The van der Waals surface area contributed by atoms with Crippen LogP contribution in [0.5, 0.6) is 5.75 Å². The monoisotopic (exact) mass is 512 g/mol. The average Bonchev–Trinajstić information content (AvgIpc) is 3.66. The molecule has 1 aromatic carbocycles. The summed E-state index contributed by atoms with van der Waals surface area (Å²) in [4.78, 5) is 15.3. The van der Waals surface area contributed by atoms with E-state index in [1.165, 1.54) is 44.9 Å². The van der Waals surface area contributed by atoms with Crippen molar-refractivity contribution in [1.29, 1.82) is 0 Å². The largest absolute Gasteiger partial charge is 0.493 e. The lowest BCUT2D eigenvalue weighted by Crippen LogP contribution is -2.50. The molecule has 1 aliphatic heterocycles. The minimum atomic E-state index is -0.168. The number of nitrogens with one attached hydrogen (secondary N) is 2. The summed E-state index contributed by atoms with van der Waals surface area (Å²) < 4.78 is 11.8. The van der Waals surface area contributed by atoms with E-state index in [0.717, 1.165) is 85.8 Å². The third-order valence-electron chi connectivity index (χ3n) is 8.63. The molecule has 7 nitrogen and oxygen atoms in total. The van der Waals surface area contributed by atoms with Crippen LogP contribution in [-0.4, -0.2) is 63.3 Å². The Kier molecular flexibility index (Phi) is 9.88. The Bertz CT molecular complexity index is 1000. The number of benzene rings is 1. The van der Waals surface area contributed by atoms with E-state index in [4.69, 9.17) is 9.26 Å². The molecule has 2 saturated carbocycles. The molecule has 37 heavy (non-hydrogen) atoms. The second-order valence-electron chi connectivity index (χ2n) is 11.6. The number of ether oxygens (including phenoxy) is 1. The predicted octanol–water partition coefficient (Wildman–Crippen LogP) is 5.10. The van der Waals surface area contributed by atoms with Gasteiger partial charge in [0.05, 0.1) is 17.7 Å². The molecule has 1 saturated heterocycles. The van der Waals surface area contributed by atoms with Gasteiger partial charge >= 0.3 is 0 Å². The highest BCUT2D eigenvalue weighted by Crippen LogP contribution is 2.39. The van der Waals surface area contributed by atoms with Gasteiger partial charge in [0, 0.05) is 24.5 Å². The van der Waals surface area contributed by atoms with E-state index in [-0.39, 0.29) is 11.3 Å². The van der Waals surface area contributed by atoms with E-state index >= 15 is 0 Å². The van der Waals surface area contributed by atoms with Gasteiger partial charge in [-0.15, -0.1) is 0 Å². The molecule has 2 aliphatic carbocycles. The van der Waals surface area contributed by atoms with Gasteiger partial charge in [0.25, 0.3) is 0 Å². The summed E-state index contributed by atoms with van der Waals surface area (Å²) in [5.74, 6) is 2.64. The van der Waals surface area contributed by atoms with Gasteiger partial charge in [-0.3, -0.25) is 4.79 Å². The normalized spacial score (nSPS) is 20.3. The van der Waals surface area contributed by atoms with Gasteiger partial charge in [0.15, 0.2) is 5.58 Å². The summed E-state index contributed by atoms with van der Waals surface area (Å²) in [6.07, 6.45) is 12.8. The molecule has 5 rings (SSSR count). The number of aromatic nitrogens is 1. The third-order valence-corrected chi connectivity index (χ3v) is 8.63. The zero-order chi connectivity index (χ0) is 26.3. The maximum Gasteiger partial charge on any atom is 0.227 e. The summed E-state index contributed by atoms with van der Waals surface area (Å²) in [5, 5.41) is 11.3. The van der Waals surface area contributed by atoms with Crippen molar-refractivity contribution in [3.8, 4) is 5.75 Å². The van der Waals surface area contributed by atoms with E-state index in [2.05, 4.69) is 39.7 Å². The van der Waals surface area contributed by atoms with E-state index in [0.29, 0.717) is 5.92 Å². The van der Waals surface area contributed by atoms with Gasteiger partial charge < -0.3 is 24.8 Å². The van der Waals surface area contributed by atoms with E-state index in [1.807, 2.05) is 14.1 Å². The first-order chi connectivity index (χ1) is 18.0. The number of fused-ring (bicyclic) bond motifs is 1. The number of aryl methyl sites for hydroxylation is 2. The first-order valence-corrected chi connectivity index (χ1v) is 14.5. The molecule has 3 fully saturated rings. The van der Waals surface area contributed by atoms with Gasteiger partial charge in [0.1, 0.15) is 5.75 Å². The number of hydrogen-bond acceptors (Lipinski definition) is 6. The highest BCUT2D eigenvalue weighted by Gasteiger charge is 2.40. The van der Waals surface area contributed by atoms with Gasteiger partial charge in [-0.2, -0.15) is 0 Å². The summed E-state index contributed by atoms with van der Waals surface area (Å²) in [6, 6.07) is 4.22. The van der Waals surface area contributed by atoms with Crippen LogP contribution in [0.15, 0.2) is 16.7 Å². The lowest BCUT2D eigenvalue weighted by Gasteiger charge is -2.42. The Morgan fingerprint density at radius 2 is 1.78 bits per heavy atom.